The Balaban J connectivity index is 2.01. The standard InChI is InChI=1S/C21H19NO/c22-21-19(15-23)12-11-18(13-16-7-3-1-4-8-16)20(21)14-17-9-5-2-6-10-17/h1-12,15H,13-14,22H2. The van der Waals surface area contributed by atoms with Crippen molar-refractivity contribution in [1.82, 2.24) is 0 Å². The van der Waals surface area contributed by atoms with E-state index in [0.717, 1.165) is 24.7 Å². The van der Waals surface area contributed by atoms with Gasteiger partial charge in [-0.1, -0.05) is 66.7 Å². The summed E-state index contributed by atoms with van der Waals surface area (Å²) in [7, 11) is 0. The summed E-state index contributed by atoms with van der Waals surface area (Å²) in [6.07, 6.45) is 2.37. The molecule has 0 aliphatic rings. The van der Waals surface area contributed by atoms with E-state index in [4.69, 9.17) is 5.73 Å². The van der Waals surface area contributed by atoms with E-state index >= 15 is 0 Å². The first-order valence-corrected chi connectivity index (χ1v) is 7.71. The summed E-state index contributed by atoms with van der Waals surface area (Å²) in [5, 5.41) is 0. The number of carbonyl (C=O) groups excluding carboxylic acids is 1. The second-order valence-electron chi connectivity index (χ2n) is 5.65. The van der Waals surface area contributed by atoms with Crippen LogP contribution in [-0.4, -0.2) is 6.29 Å². The summed E-state index contributed by atoms with van der Waals surface area (Å²) in [4.78, 5) is 11.2. The van der Waals surface area contributed by atoms with Crippen LogP contribution in [0, 0.1) is 0 Å². The number of aldehydes is 1. The van der Waals surface area contributed by atoms with Gasteiger partial charge in [0.1, 0.15) is 0 Å². The maximum absolute atomic E-state index is 11.2. The molecule has 0 aliphatic heterocycles. The Morgan fingerprint density at radius 1 is 0.739 bits per heavy atom. The Morgan fingerprint density at radius 3 is 1.87 bits per heavy atom. The Bertz CT molecular complexity index is 795. The monoisotopic (exact) mass is 301 g/mol. The third-order valence-electron chi connectivity index (χ3n) is 4.08. The fraction of sp³-hybridized carbons (Fsp3) is 0.0952. The number of nitrogen functional groups attached to an aromatic ring is 1. The van der Waals surface area contributed by atoms with E-state index in [0.29, 0.717) is 11.3 Å². The van der Waals surface area contributed by atoms with Crippen molar-refractivity contribution in [1.29, 1.82) is 0 Å². The molecule has 0 spiro atoms. The second-order valence-corrected chi connectivity index (χ2v) is 5.65. The van der Waals surface area contributed by atoms with Crippen molar-refractivity contribution in [3.8, 4) is 0 Å². The fourth-order valence-electron chi connectivity index (χ4n) is 2.82. The van der Waals surface area contributed by atoms with Gasteiger partial charge in [0, 0.05) is 11.3 Å². The predicted octanol–water partition coefficient (Wildman–Crippen LogP) is 4.26. The lowest BCUT2D eigenvalue weighted by Gasteiger charge is -2.14. The van der Waals surface area contributed by atoms with E-state index in [1.807, 2.05) is 48.5 Å². The highest BCUT2D eigenvalue weighted by Gasteiger charge is 2.12. The largest absolute Gasteiger partial charge is 0.398 e. The molecule has 0 amide bonds. The van der Waals surface area contributed by atoms with Crippen LogP contribution in [0.1, 0.15) is 32.6 Å². The van der Waals surface area contributed by atoms with Crippen molar-refractivity contribution >= 4 is 12.0 Å². The first-order chi connectivity index (χ1) is 11.3. The van der Waals surface area contributed by atoms with Gasteiger partial charge in [0.05, 0.1) is 0 Å². The molecule has 23 heavy (non-hydrogen) atoms. The Kier molecular flexibility index (Phi) is 4.53. The molecule has 3 aromatic rings. The third-order valence-corrected chi connectivity index (χ3v) is 4.08. The Hall–Kier alpha value is -2.87. The Labute approximate surface area is 136 Å². The highest BCUT2D eigenvalue weighted by molar-refractivity contribution is 5.85. The van der Waals surface area contributed by atoms with E-state index in [1.54, 1.807) is 0 Å². The molecule has 2 N–H and O–H groups in total. The number of carbonyl (C=O) groups is 1. The van der Waals surface area contributed by atoms with Crippen molar-refractivity contribution in [2.75, 3.05) is 5.73 Å². The SMILES string of the molecule is Nc1c(C=O)ccc(Cc2ccccc2)c1Cc1ccccc1. The van der Waals surface area contributed by atoms with Gasteiger partial charge in [-0.15, -0.1) is 0 Å². The fourth-order valence-corrected chi connectivity index (χ4v) is 2.82. The average Bonchev–Trinajstić information content (AvgIpc) is 2.60. The smallest absolute Gasteiger partial charge is 0.152 e. The molecule has 0 aliphatic carbocycles. The maximum atomic E-state index is 11.2. The van der Waals surface area contributed by atoms with Crippen LogP contribution >= 0.6 is 0 Å². The summed E-state index contributed by atoms with van der Waals surface area (Å²) < 4.78 is 0. The quantitative estimate of drug-likeness (QED) is 0.565. The molecule has 2 nitrogen and oxygen atoms in total. The molecule has 0 radical (unpaired) electrons. The molecule has 2 heteroatoms. The highest BCUT2D eigenvalue weighted by atomic mass is 16.1. The normalized spacial score (nSPS) is 10.4. The van der Waals surface area contributed by atoms with E-state index in [1.165, 1.54) is 16.7 Å². The summed E-state index contributed by atoms with van der Waals surface area (Å²) in [5.41, 5.74) is 12.1. The van der Waals surface area contributed by atoms with Crippen LogP contribution in [0.3, 0.4) is 0 Å². The molecule has 0 saturated heterocycles. The van der Waals surface area contributed by atoms with Gasteiger partial charge in [-0.2, -0.15) is 0 Å². The molecule has 114 valence electrons. The molecule has 0 heterocycles. The van der Waals surface area contributed by atoms with Crippen LogP contribution in [0.2, 0.25) is 0 Å². The second kappa shape index (κ2) is 6.93. The number of anilines is 1. The molecule has 0 bridgehead atoms. The summed E-state index contributed by atoms with van der Waals surface area (Å²) in [6, 6.07) is 24.3. The van der Waals surface area contributed by atoms with Crippen molar-refractivity contribution < 1.29 is 4.79 Å². The summed E-state index contributed by atoms with van der Waals surface area (Å²) >= 11 is 0. The third kappa shape index (κ3) is 3.49. The molecular weight excluding hydrogens is 282 g/mol. The van der Waals surface area contributed by atoms with Crippen LogP contribution in [0.25, 0.3) is 0 Å². The zero-order valence-corrected chi connectivity index (χ0v) is 12.9. The maximum Gasteiger partial charge on any atom is 0.152 e. The topological polar surface area (TPSA) is 43.1 Å². The lowest BCUT2D eigenvalue weighted by Crippen LogP contribution is -2.05. The molecule has 0 atom stereocenters. The van der Waals surface area contributed by atoms with Gasteiger partial charge in [0.15, 0.2) is 6.29 Å². The molecule has 0 saturated carbocycles. The van der Waals surface area contributed by atoms with E-state index < -0.39 is 0 Å². The van der Waals surface area contributed by atoms with Crippen LogP contribution in [0.4, 0.5) is 5.69 Å². The number of benzene rings is 3. The molecular formula is C21H19NO. The van der Waals surface area contributed by atoms with Gasteiger partial charge in [0.2, 0.25) is 0 Å². The van der Waals surface area contributed by atoms with Crippen molar-refractivity contribution in [2.45, 2.75) is 12.8 Å². The number of rotatable bonds is 5. The molecule has 0 fully saturated rings. The highest BCUT2D eigenvalue weighted by Crippen LogP contribution is 2.26. The van der Waals surface area contributed by atoms with Gasteiger partial charge < -0.3 is 5.73 Å². The minimum absolute atomic E-state index is 0.563. The first-order valence-electron chi connectivity index (χ1n) is 7.71. The van der Waals surface area contributed by atoms with E-state index in [2.05, 4.69) is 24.3 Å². The zero-order chi connectivity index (χ0) is 16.1. The van der Waals surface area contributed by atoms with Crippen molar-refractivity contribution in [2.24, 2.45) is 0 Å². The first kappa shape index (κ1) is 15.0. The number of hydrogen-bond donors (Lipinski definition) is 1. The van der Waals surface area contributed by atoms with Crippen LogP contribution < -0.4 is 5.73 Å². The lowest BCUT2D eigenvalue weighted by atomic mass is 9.92. The predicted molar refractivity (Wildman–Crippen MR) is 94.7 cm³/mol. The van der Waals surface area contributed by atoms with E-state index in [9.17, 15) is 4.79 Å². The molecule has 3 aromatic carbocycles. The molecule has 0 unspecified atom stereocenters. The van der Waals surface area contributed by atoms with Gasteiger partial charge in [-0.25, -0.2) is 0 Å². The van der Waals surface area contributed by atoms with Gasteiger partial charge in [0.25, 0.3) is 0 Å². The minimum Gasteiger partial charge on any atom is -0.398 e. The zero-order valence-electron chi connectivity index (χ0n) is 12.9. The van der Waals surface area contributed by atoms with Crippen LogP contribution in [0.5, 0.6) is 0 Å². The summed E-state index contributed by atoms with van der Waals surface area (Å²) in [6.45, 7) is 0. The van der Waals surface area contributed by atoms with E-state index in [-0.39, 0.29) is 0 Å². The van der Waals surface area contributed by atoms with Gasteiger partial charge in [-0.05, 0) is 41.2 Å². The van der Waals surface area contributed by atoms with Crippen LogP contribution in [0.15, 0.2) is 72.8 Å². The minimum atomic E-state index is 0.563. The average molecular weight is 301 g/mol. The molecule has 0 aromatic heterocycles. The van der Waals surface area contributed by atoms with Crippen molar-refractivity contribution in [3.05, 3.63) is 101 Å². The molecule has 3 rings (SSSR count). The van der Waals surface area contributed by atoms with Gasteiger partial charge >= 0.3 is 0 Å². The Morgan fingerprint density at radius 2 is 1.30 bits per heavy atom. The number of nitrogens with two attached hydrogens (primary N) is 1. The lowest BCUT2D eigenvalue weighted by molar-refractivity contribution is 0.112. The van der Waals surface area contributed by atoms with Gasteiger partial charge in [-0.3, -0.25) is 4.79 Å². The van der Waals surface area contributed by atoms with Crippen LogP contribution in [-0.2, 0) is 12.8 Å². The van der Waals surface area contributed by atoms with Crippen molar-refractivity contribution in [3.63, 3.8) is 0 Å². The number of hydrogen-bond acceptors (Lipinski definition) is 2. The summed E-state index contributed by atoms with van der Waals surface area (Å²) in [5.74, 6) is 0.